The second-order valence-corrected chi connectivity index (χ2v) is 8.93. The topological polar surface area (TPSA) is 57.7 Å². The zero-order valence-electron chi connectivity index (χ0n) is 16.0. The number of aromatic nitrogens is 1. The number of nitrogens with one attached hydrogen (secondary N) is 1. The van der Waals surface area contributed by atoms with Gasteiger partial charge in [-0.1, -0.05) is 18.2 Å². The van der Waals surface area contributed by atoms with Crippen LogP contribution in [-0.2, 0) is 11.2 Å². The van der Waals surface area contributed by atoms with Crippen LogP contribution in [0.3, 0.4) is 0 Å². The van der Waals surface area contributed by atoms with Crippen LogP contribution in [0.15, 0.2) is 30.5 Å². The van der Waals surface area contributed by atoms with Crippen molar-refractivity contribution < 1.29 is 9.53 Å². The number of thiazole rings is 1. The van der Waals surface area contributed by atoms with Crippen molar-refractivity contribution in [3.8, 4) is 0 Å². The first-order valence-electron chi connectivity index (χ1n) is 10.2. The van der Waals surface area contributed by atoms with Gasteiger partial charge in [-0.05, 0) is 43.2 Å². The zero-order chi connectivity index (χ0) is 18.9. The summed E-state index contributed by atoms with van der Waals surface area (Å²) in [7, 11) is 0. The summed E-state index contributed by atoms with van der Waals surface area (Å²) in [5, 5.41) is 3.76. The van der Waals surface area contributed by atoms with Gasteiger partial charge in [-0.2, -0.15) is 0 Å². The number of hydrogen-bond acceptors (Lipinski definition) is 5. The van der Waals surface area contributed by atoms with Crippen LogP contribution in [0.5, 0.6) is 0 Å². The number of anilines is 2. The van der Waals surface area contributed by atoms with Crippen molar-refractivity contribution in [3.63, 3.8) is 0 Å². The molecule has 2 aromatic rings. The Balaban J connectivity index is 1.23. The molecule has 0 radical (unpaired) electrons. The molecular formula is C21H26N4O2S. The highest BCUT2D eigenvalue weighted by Gasteiger charge is 2.33. The summed E-state index contributed by atoms with van der Waals surface area (Å²) >= 11 is 1.61. The molecule has 2 amide bonds. The van der Waals surface area contributed by atoms with Crippen LogP contribution in [0.25, 0.3) is 0 Å². The molecule has 0 spiro atoms. The van der Waals surface area contributed by atoms with Crippen molar-refractivity contribution in [2.45, 2.75) is 37.6 Å². The number of nitrogens with zero attached hydrogens (tertiary/aromatic N) is 3. The van der Waals surface area contributed by atoms with Crippen LogP contribution in [0.4, 0.5) is 15.6 Å². The van der Waals surface area contributed by atoms with E-state index in [2.05, 4.69) is 39.5 Å². The maximum Gasteiger partial charge on any atom is 0.323 e. The summed E-state index contributed by atoms with van der Waals surface area (Å²) < 4.78 is 5.45. The molecule has 1 aromatic heterocycles. The van der Waals surface area contributed by atoms with Gasteiger partial charge in [-0.25, -0.2) is 9.78 Å². The van der Waals surface area contributed by atoms with Gasteiger partial charge in [0.25, 0.3) is 0 Å². The van der Waals surface area contributed by atoms with Gasteiger partial charge in [-0.3, -0.25) is 5.32 Å². The third-order valence-electron chi connectivity index (χ3n) is 6.10. The second-order valence-electron chi connectivity index (χ2n) is 7.86. The molecule has 1 unspecified atom stereocenters. The molecule has 5 rings (SSSR count). The molecule has 2 fully saturated rings. The molecule has 7 heteroatoms. The quantitative estimate of drug-likeness (QED) is 0.838. The molecule has 1 aromatic carbocycles. The van der Waals surface area contributed by atoms with E-state index in [0.29, 0.717) is 17.1 Å². The second kappa shape index (κ2) is 7.72. The molecule has 148 valence electrons. The monoisotopic (exact) mass is 398 g/mol. The predicted octanol–water partition coefficient (Wildman–Crippen LogP) is 3.71. The number of urea groups is 1. The van der Waals surface area contributed by atoms with Crippen LogP contribution in [-0.4, -0.2) is 54.8 Å². The van der Waals surface area contributed by atoms with Crippen LogP contribution < -0.4 is 10.2 Å². The highest BCUT2D eigenvalue weighted by Crippen LogP contribution is 2.35. The summed E-state index contributed by atoms with van der Waals surface area (Å²) in [5.74, 6) is 0.514. The molecule has 0 bridgehead atoms. The van der Waals surface area contributed by atoms with Gasteiger partial charge in [0.05, 0.1) is 6.04 Å². The molecule has 3 aliphatic rings. The minimum atomic E-state index is -0.0225. The number of hydrogen-bond donors (Lipinski definition) is 1. The van der Waals surface area contributed by atoms with E-state index >= 15 is 0 Å². The van der Waals surface area contributed by atoms with Gasteiger partial charge in [0.2, 0.25) is 0 Å². The molecular weight excluding hydrogens is 372 g/mol. The number of fused-ring (bicyclic) bond motifs is 3. The number of benzene rings is 1. The van der Waals surface area contributed by atoms with Crippen molar-refractivity contribution in [2.24, 2.45) is 0 Å². The Labute approximate surface area is 169 Å². The molecule has 0 saturated carbocycles. The molecule has 1 N–H and O–H groups in total. The summed E-state index contributed by atoms with van der Waals surface area (Å²) in [6.07, 6.45) is 6.02. The Morgan fingerprint density at radius 2 is 2.07 bits per heavy atom. The minimum Gasteiger partial charge on any atom is -0.381 e. The maximum atomic E-state index is 12.9. The summed E-state index contributed by atoms with van der Waals surface area (Å²) in [6.45, 7) is 4.20. The van der Waals surface area contributed by atoms with E-state index < -0.39 is 0 Å². The largest absolute Gasteiger partial charge is 0.381 e. The summed E-state index contributed by atoms with van der Waals surface area (Å²) in [4.78, 5) is 23.1. The van der Waals surface area contributed by atoms with Crippen molar-refractivity contribution in [1.82, 2.24) is 9.88 Å². The van der Waals surface area contributed by atoms with E-state index in [1.54, 1.807) is 11.3 Å². The van der Waals surface area contributed by atoms with Gasteiger partial charge >= 0.3 is 6.03 Å². The van der Waals surface area contributed by atoms with E-state index in [9.17, 15) is 4.79 Å². The molecule has 28 heavy (non-hydrogen) atoms. The van der Waals surface area contributed by atoms with E-state index in [4.69, 9.17) is 4.74 Å². The molecule has 0 aliphatic carbocycles. The Hall–Kier alpha value is -2.12. The smallest absolute Gasteiger partial charge is 0.323 e. The molecule has 1 atom stereocenters. The van der Waals surface area contributed by atoms with Crippen LogP contribution in [0.2, 0.25) is 0 Å². The lowest BCUT2D eigenvalue weighted by atomic mass is 9.99. The Morgan fingerprint density at radius 1 is 1.21 bits per heavy atom. The first-order chi connectivity index (χ1) is 13.8. The molecule has 2 saturated heterocycles. The van der Waals surface area contributed by atoms with Crippen molar-refractivity contribution in [3.05, 3.63) is 40.9 Å². The van der Waals surface area contributed by atoms with E-state index in [0.717, 1.165) is 58.5 Å². The van der Waals surface area contributed by atoms with Crippen LogP contribution in [0, 0.1) is 0 Å². The number of carbonyl (C=O) groups excluding carboxylic acids is 1. The van der Waals surface area contributed by atoms with Gasteiger partial charge < -0.3 is 14.5 Å². The highest BCUT2D eigenvalue weighted by molar-refractivity contribution is 7.15. The average Bonchev–Trinajstić information content (AvgIpc) is 3.27. The number of amides is 2. The summed E-state index contributed by atoms with van der Waals surface area (Å²) in [5.41, 5.74) is 2.74. The lowest BCUT2D eigenvalue weighted by Gasteiger charge is -2.27. The third-order valence-corrected chi connectivity index (χ3v) is 7.18. The van der Waals surface area contributed by atoms with E-state index in [1.807, 2.05) is 11.1 Å². The van der Waals surface area contributed by atoms with Gasteiger partial charge in [0.15, 0.2) is 5.13 Å². The number of ether oxygens (including phenoxy) is 1. The standard InChI is InChI=1S/C21H26N4O2S/c26-21(23-20-22-13-19(28-20)15-6-10-27-11-7-15)24-8-3-9-25-17(14-24)12-16-4-1-2-5-18(16)25/h1-2,4-5,13,15,17H,3,6-12,14H2,(H,22,23,26). The molecule has 3 aliphatic heterocycles. The fraction of sp³-hybridized carbons (Fsp3) is 0.524. The van der Waals surface area contributed by atoms with Gasteiger partial charge in [0, 0.05) is 49.6 Å². The molecule has 4 heterocycles. The summed E-state index contributed by atoms with van der Waals surface area (Å²) in [6, 6.07) is 8.98. The normalized spacial score (nSPS) is 22.5. The van der Waals surface area contributed by atoms with Crippen molar-refractivity contribution >= 4 is 28.2 Å². The fourth-order valence-corrected chi connectivity index (χ4v) is 5.61. The van der Waals surface area contributed by atoms with Gasteiger partial charge in [-0.15, -0.1) is 11.3 Å². The van der Waals surface area contributed by atoms with Crippen LogP contribution in [0.1, 0.15) is 35.6 Å². The highest BCUT2D eigenvalue weighted by atomic mass is 32.1. The Bertz CT molecular complexity index is 848. The van der Waals surface area contributed by atoms with Crippen molar-refractivity contribution in [2.75, 3.05) is 43.1 Å². The lowest BCUT2D eigenvalue weighted by molar-refractivity contribution is 0.0860. The third kappa shape index (κ3) is 3.49. The predicted molar refractivity (Wildman–Crippen MR) is 111 cm³/mol. The maximum absolute atomic E-state index is 12.9. The first-order valence-corrected chi connectivity index (χ1v) is 11.0. The Morgan fingerprint density at radius 3 is 2.96 bits per heavy atom. The van der Waals surface area contributed by atoms with Crippen LogP contribution >= 0.6 is 11.3 Å². The number of rotatable bonds is 2. The van der Waals surface area contributed by atoms with E-state index in [1.165, 1.54) is 16.1 Å². The van der Waals surface area contributed by atoms with Gasteiger partial charge in [0.1, 0.15) is 0 Å². The van der Waals surface area contributed by atoms with E-state index in [-0.39, 0.29) is 6.03 Å². The zero-order valence-corrected chi connectivity index (χ0v) is 16.8. The molecule has 6 nitrogen and oxygen atoms in total. The fourth-order valence-electron chi connectivity index (χ4n) is 4.64. The first kappa shape index (κ1) is 17.9. The Kier molecular flexibility index (Phi) is 4.94. The SMILES string of the molecule is O=C(Nc1ncc(C2CCOCC2)s1)N1CCCN2c3ccccc3CC2C1. The number of para-hydroxylation sites is 1. The van der Waals surface area contributed by atoms with Crippen molar-refractivity contribution in [1.29, 1.82) is 0 Å². The number of carbonyl (C=O) groups is 1. The lowest BCUT2D eigenvalue weighted by Crippen LogP contribution is -2.43. The average molecular weight is 399 g/mol. The minimum absolute atomic E-state index is 0.0225.